The fraction of sp³-hybridized carbons (Fsp3) is 0.667. The van der Waals surface area contributed by atoms with E-state index in [1.54, 1.807) is 0 Å². The van der Waals surface area contributed by atoms with Crippen molar-refractivity contribution in [1.29, 1.82) is 0 Å². The SMILES string of the molecule is C=C(C)C(=O)[O-].CCCCCCCC(=O)[O-].[Mg+2]. The second kappa shape index (κ2) is 15.4. The third-order valence-corrected chi connectivity index (χ3v) is 1.83. The van der Waals surface area contributed by atoms with Crippen LogP contribution in [0.3, 0.4) is 0 Å². The molecule has 0 saturated carbocycles. The first-order valence-electron chi connectivity index (χ1n) is 5.48. The molecule has 0 fully saturated rings. The van der Waals surface area contributed by atoms with E-state index in [4.69, 9.17) is 0 Å². The normalized spacial score (nSPS) is 8.35. The topological polar surface area (TPSA) is 80.3 Å². The molecule has 0 radical (unpaired) electrons. The van der Waals surface area contributed by atoms with Crippen LogP contribution in [-0.4, -0.2) is 35.0 Å². The number of unbranched alkanes of at least 4 members (excludes halogenated alkanes) is 4. The van der Waals surface area contributed by atoms with Gasteiger partial charge in [-0.3, -0.25) is 0 Å². The number of hydrogen-bond acceptors (Lipinski definition) is 4. The molecule has 0 N–H and O–H groups in total. The minimum Gasteiger partial charge on any atom is -0.550 e. The molecular weight excluding hydrogens is 232 g/mol. The van der Waals surface area contributed by atoms with Gasteiger partial charge in [0.1, 0.15) is 0 Å². The van der Waals surface area contributed by atoms with Crippen molar-refractivity contribution in [3.05, 3.63) is 12.2 Å². The van der Waals surface area contributed by atoms with Crippen molar-refractivity contribution in [2.75, 3.05) is 0 Å². The predicted molar refractivity (Wildman–Crippen MR) is 64.0 cm³/mol. The summed E-state index contributed by atoms with van der Waals surface area (Å²) in [6.07, 6.45) is 5.61. The van der Waals surface area contributed by atoms with Crippen molar-refractivity contribution in [2.24, 2.45) is 0 Å². The van der Waals surface area contributed by atoms with Crippen LogP contribution in [0.25, 0.3) is 0 Å². The number of aliphatic carboxylic acids is 2. The maximum Gasteiger partial charge on any atom is 2.00 e. The van der Waals surface area contributed by atoms with E-state index >= 15 is 0 Å². The summed E-state index contributed by atoms with van der Waals surface area (Å²) in [7, 11) is 0. The van der Waals surface area contributed by atoms with E-state index in [0.717, 1.165) is 19.3 Å². The summed E-state index contributed by atoms with van der Waals surface area (Å²) in [6, 6.07) is 0. The molecule has 0 aliphatic carbocycles. The Morgan fingerprint density at radius 3 is 1.76 bits per heavy atom. The summed E-state index contributed by atoms with van der Waals surface area (Å²) in [6.45, 7) is 6.61. The van der Waals surface area contributed by atoms with Gasteiger partial charge in [-0.2, -0.15) is 0 Å². The van der Waals surface area contributed by atoms with Crippen molar-refractivity contribution in [3.63, 3.8) is 0 Å². The average molecular weight is 253 g/mol. The van der Waals surface area contributed by atoms with Gasteiger partial charge in [-0.25, -0.2) is 0 Å². The van der Waals surface area contributed by atoms with Crippen LogP contribution in [0.5, 0.6) is 0 Å². The zero-order chi connectivity index (χ0) is 13.0. The minimum atomic E-state index is -1.19. The molecule has 0 aromatic rings. The van der Waals surface area contributed by atoms with Crippen LogP contribution in [0.1, 0.15) is 52.4 Å². The molecule has 0 atom stereocenters. The van der Waals surface area contributed by atoms with E-state index in [0.29, 0.717) is 0 Å². The molecule has 5 heteroatoms. The Bertz CT molecular complexity index is 215. The Balaban J connectivity index is -0.000000244. The molecule has 0 aliphatic heterocycles. The Labute approximate surface area is 119 Å². The van der Waals surface area contributed by atoms with Crippen molar-refractivity contribution >= 4 is 35.0 Å². The maximum absolute atomic E-state index is 9.92. The van der Waals surface area contributed by atoms with E-state index < -0.39 is 11.9 Å². The second-order valence-electron chi connectivity index (χ2n) is 3.60. The van der Waals surface area contributed by atoms with Crippen molar-refractivity contribution in [2.45, 2.75) is 52.4 Å². The molecule has 4 nitrogen and oxygen atoms in total. The summed E-state index contributed by atoms with van der Waals surface area (Å²) >= 11 is 0. The number of carboxylic acid groups (broad SMARTS) is 2. The second-order valence-corrected chi connectivity index (χ2v) is 3.60. The summed E-state index contributed by atoms with van der Waals surface area (Å²) in [4.78, 5) is 19.4. The molecule has 0 aliphatic rings. The van der Waals surface area contributed by atoms with Gasteiger partial charge >= 0.3 is 23.1 Å². The summed E-state index contributed by atoms with van der Waals surface area (Å²) < 4.78 is 0. The zero-order valence-corrected chi connectivity index (χ0v) is 12.2. The van der Waals surface area contributed by atoms with Crippen LogP contribution < -0.4 is 10.2 Å². The molecule has 0 bridgehead atoms. The first kappa shape index (κ1) is 21.7. The van der Waals surface area contributed by atoms with Gasteiger partial charge in [0.15, 0.2) is 0 Å². The molecule has 0 rings (SSSR count). The molecule has 0 saturated heterocycles. The molecular formula is C12H20MgO4. The van der Waals surface area contributed by atoms with E-state index in [-0.39, 0.29) is 35.0 Å². The Hall–Kier alpha value is -0.554. The van der Waals surface area contributed by atoms with Gasteiger partial charge < -0.3 is 19.8 Å². The van der Waals surface area contributed by atoms with Crippen molar-refractivity contribution in [1.82, 2.24) is 0 Å². The Morgan fingerprint density at radius 1 is 1.06 bits per heavy atom. The molecule has 0 unspecified atom stereocenters. The van der Waals surface area contributed by atoms with Crippen LogP contribution in [-0.2, 0) is 9.59 Å². The van der Waals surface area contributed by atoms with Crippen LogP contribution in [0.2, 0.25) is 0 Å². The number of carbonyl (C=O) groups is 2. The number of hydrogen-bond donors (Lipinski definition) is 0. The quantitative estimate of drug-likeness (QED) is 0.364. The third kappa shape index (κ3) is 25.6. The van der Waals surface area contributed by atoms with Gasteiger partial charge in [-0.05, 0) is 25.3 Å². The van der Waals surface area contributed by atoms with Gasteiger partial charge in [0, 0.05) is 5.97 Å². The molecule has 17 heavy (non-hydrogen) atoms. The molecule has 94 valence electrons. The molecule has 0 aromatic carbocycles. The largest absolute Gasteiger partial charge is 2.00 e. The maximum atomic E-state index is 9.92. The minimum absolute atomic E-state index is 0. The third-order valence-electron chi connectivity index (χ3n) is 1.83. The number of rotatable bonds is 7. The Morgan fingerprint density at radius 2 is 1.47 bits per heavy atom. The fourth-order valence-electron chi connectivity index (χ4n) is 0.873. The van der Waals surface area contributed by atoms with Crippen LogP contribution in [0, 0.1) is 0 Å². The molecule has 0 heterocycles. The smallest absolute Gasteiger partial charge is 0.550 e. The van der Waals surface area contributed by atoms with Gasteiger partial charge in [0.25, 0.3) is 0 Å². The van der Waals surface area contributed by atoms with Gasteiger partial charge in [-0.1, -0.05) is 39.2 Å². The number of carboxylic acids is 2. The predicted octanol–water partition coefficient (Wildman–Crippen LogP) is 0.0284. The van der Waals surface area contributed by atoms with Crippen LogP contribution in [0.4, 0.5) is 0 Å². The van der Waals surface area contributed by atoms with Gasteiger partial charge in [-0.15, -0.1) is 0 Å². The Kier molecular flexibility index (Phi) is 19.7. The van der Waals surface area contributed by atoms with Gasteiger partial charge in [0.05, 0.1) is 5.97 Å². The molecule has 0 aromatic heterocycles. The summed E-state index contributed by atoms with van der Waals surface area (Å²) in [5, 5.41) is 19.4. The monoisotopic (exact) mass is 252 g/mol. The molecule has 0 amide bonds. The standard InChI is InChI=1S/C8H16O2.C4H6O2.Mg/c1-2-3-4-5-6-7-8(9)10;1-3(2)4(5)6;/h2-7H2,1H3,(H,9,10);1H2,2H3,(H,5,6);/q;;+2/p-2. The van der Waals surface area contributed by atoms with Crippen LogP contribution in [0.15, 0.2) is 12.2 Å². The first-order chi connectivity index (χ1) is 7.41. The van der Waals surface area contributed by atoms with Crippen molar-refractivity contribution < 1.29 is 19.8 Å². The summed E-state index contributed by atoms with van der Waals surface area (Å²) in [5.74, 6) is -2.11. The average Bonchev–Trinajstić information content (AvgIpc) is 2.18. The van der Waals surface area contributed by atoms with E-state index in [9.17, 15) is 19.8 Å². The van der Waals surface area contributed by atoms with E-state index in [2.05, 4.69) is 13.5 Å². The first-order valence-corrected chi connectivity index (χ1v) is 5.48. The van der Waals surface area contributed by atoms with E-state index in [1.807, 2.05) is 0 Å². The fourth-order valence-corrected chi connectivity index (χ4v) is 0.873. The number of carbonyl (C=O) groups excluding carboxylic acids is 2. The zero-order valence-electron chi connectivity index (χ0n) is 10.8. The summed E-state index contributed by atoms with van der Waals surface area (Å²) in [5.41, 5.74) is 0.0648. The van der Waals surface area contributed by atoms with E-state index in [1.165, 1.54) is 19.8 Å². The molecule has 0 spiro atoms. The van der Waals surface area contributed by atoms with Gasteiger partial charge in [0.2, 0.25) is 0 Å². The van der Waals surface area contributed by atoms with Crippen molar-refractivity contribution in [3.8, 4) is 0 Å². The van der Waals surface area contributed by atoms with Crippen LogP contribution >= 0.6 is 0 Å².